The first kappa shape index (κ1) is 16.3. The van der Waals surface area contributed by atoms with Crippen LogP contribution in [-0.4, -0.2) is 29.8 Å². The summed E-state index contributed by atoms with van der Waals surface area (Å²) in [6, 6.07) is 20.3. The molecule has 0 bridgehead atoms. The Morgan fingerprint density at radius 2 is 1.46 bits per heavy atom. The van der Waals surface area contributed by atoms with E-state index in [0.29, 0.717) is 0 Å². The number of anilines is 1. The molecule has 26 heavy (non-hydrogen) atoms. The Morgan fingerprint density at radius 1 is 0.885 bits per heavy atom. The summed E-state index contributed by atoms with van der Waals surface area (Å²) in [5.41, 5.74) is 7.11. The summed E-state index contributed by atoms with van der Waals surface area (Å²) in [5, 5.41) is 0. The Balaban J connectivity index is 2.05. The predicted molar refractivity (Wildman–Crippen MR) is 106 cm³/mol. The minimum atomic E-state index is -0.0000350. The zero-order valence-electron chi connectivity index (χ0n) is 15.2. The molecule has 0 N–H and O–H groups in total. The molecule has 1 aliphatic heterocycles. The van der Waals surface area contributed by atoms with E-state index >= 15 is 0 Å². The number of carbonyl (C=O) groups excluding carboxylic acids is 1. The quantitative estimate of drug-likeness (QED) is 0.697. The second-order valence-corrected chi connectivity index (χ2v) is 6.57. The van der Waals surface area contributed by atoms with Crippen molar-refractivity contribution in [1.29, 1.82) is 0 Å². The van der Waals surface area contributed by atoms with Gasteiger partial charge in [-0.05, 0) is 6.92 Å². The molecule has 0 saturated heterocycles. The predicted octanol–water partition coefficient (Wildman–Crippen LogP) is 3.81. The first-order valence-corrected chi connectivity index (χ1v) is 8.71. The second-order valence-electron chi connectivity index (χ2n) is 6.57. The summed E-state index contributed by atoms with van der Waals surface area (Å²) in [7, 11) is 3.89. The molecule has 130 valence electrons. The van der Waals surface area contributed by atoms with E-state index in [1.54, 1.807) is 4.90 Å². The highest BCUT2D eigenvalue weighted by atomic mass is 16.2. The van der Waals surface area contributed by atoms with Gasteiger partial charge >= 0.3 is 0 Å². The van der Waals surface area contributed by atoms with Crippen LogP contribution in [0.25, 0.3) is 11.3 Å². The van der Waals surface area contributed by atoms with Gasteiger partial charge in [0.25, 0.3) is 0 Å². The van der Waals surface area contributed by atoms with E-state index in [1.807, 2.05) is 62.6 Å². The van der Waals surface area contributed by atoms with Gasteiger partial charge in [0.1, 0.15) is 6.54 Å². The molecule has 4 rings (SSSR count). The van der Waals surface area contributed by atoms with Crippen molar-refractivity contribution >= 4 is 17.3 Å². The van der Waals surface area contributed by atoms with Crippen molar-refractivity contribution in [3.8, 4) is 11.3 Å². The SMILES string of the molecule is Cc1c2c(c(-c3ccccc3)n1C)N(C)C(=O)CN=C2c1ccccc1. The molecule has 1 aromatic heterocycles. The molecule has 0 radical (unpaired) electrons. The van der Waals surface area contributed by atoms with E-state index in [-0.39, 0.29) is 12.5 Å². The highest BCUT2D eigenvalue weighted by molar-refractivity contribution is 6.22. The summed E-state index contributed by atoms with van der Waals surface area (Å²) < 4.78 is 2.16. The van der Waals surface area contributed by atoms with Gasteiger partial charge in [0.2, 0.25) is 5.91 Å². The van der Waals surface area contributed by atoms with Gasteiger partial charge in [-0.1, -0.05) is 60.7 Å². The Morgan fingerprint density at radius 3 is 2.08 bits per heavy atom. The number of hydrogen-bond donors (Lipinski definition) is 0. The fraction of sp³-hybridized carbons (Fsp3) is 0.182. The fourth-order valence-electron chi connectivity index (χ4n) is 3.61. The number of rotatable bonds is 2. The van der Waals surface area contributed by atoms with Crippen LogP contribution >= 0.6 is 0 Å². The zero-order valence-corrected chi connectivity index (χ0v) is 15.2. The highest BCUT2D eigenvalue weighted by Crippen LogP contribution is 2.40. The lowest BCUT2D eigenvalue weighted by molar-refractivity contribution is -0.116. The van der Waals surface area contributed by atoms with E-state index in [4.69, 9.17) is 0 Å². The molecule has 1 amide bonds. The lowest BCUT2D eigenvalue weighted by Gasteiger charge is -2.18. The Kier molecular flexibility index (Phi) is 3.96. The van der Waals surface area contributed by atoms with Crippen molar-refractivity contribution in [2.75, 3.05) is 18.5 Å². The van der Waals surface area contributed by atoms with E-state index in [9.17, 15) is 4.79 Å². The summed E-state index contributed by atoms with van der Waals surface area (Å²) in [5.74, 6) is -0.0000350. The fourth-order valence-corrected chi connectivity index (χ4v) is 3.61. The smallest absolute Gasteiger partial charge is 0.248 e. The maximum absolute atomic E-state index is 12.7. The van der Waals surface area contributed by atoms with Gasteiger partial charge in [-0.2, -0.15) is 0 Å². The van der Waals surface area contributed by atoms with Gasteiger partial charge in [-0.25, -0.2) is 0 Å². The molecule has 0 unspecified atom stereocenters. The molecular weight excluding hydrogens is 322 g/mol. The summed E-state index contributed by atoms with van der Waals surface area (Å²) in [6.45, 7) is 2.25. The molecule has 0 fully saturated rings. The summed E-state index contributed by atoms with van der Waals surface area (Å²) in [4.78, 5) is 19.1. The average molecular weight is 343 g/mol. The van der Waals surface area contributed by atoms with Gasteiger partial charge in [0.05, 0.1) is 17.1 Å². The van der Waals surface area contributed by atoms with Gasteiger partial charge in [-0.15, -0.1) is 0 Å². The third kappa shape index (κ3) is 2.46. The largest absolute Gasteiger partial charge is 0.346 e. The average Bonchev–Trinajstić information content (AvgIpc) is 2.86. The number of aliphatic imine (C=N–C) groups is 1. The number of likely N-dealkylation sites (N-methyl/N-ethyl adjacent to an activating group) is 1. The molecule has 0 spiro atoms. The number of fused-ring (bicyclic) bond motifs is 1. The van der Waals surface area contributed by atoms with E-state index in [1.165, 1.54) is 0 Å². The van der Waals surface area contributed by atoms with Crippen molar-refractivity contribution in [3.63, 3.8) is 0 Å². The van der Waals surface area contributed by atoms with Crippen LogP contribution in [0.1, 0.15) is 16.8 Å². The molecule has 3 aromatic rings. The second kappa shape index (κ2) is 6.30. The molecule has 0 saturated carbocycles. The van der Waals surface area contributed by atoms with E-state index in [2.05, 4.69) is 28.6 Å². The Bertz CT molecular complexity index is 1000. The molecule has 1 aliphatic rings. The lowest BCUT2D eigenvalue weighted by Crippen LogP contribution is -2.28. The first-order valence-electron chi connectivity index (χ1n) is 8.71. The number of aromatic nitrogens is 1. The van der Waals surface area contributed by atoms with E-state index < -0.39 is 0 Å². The first-order chi connectivity index (χ1) is 12.6. The van der Waals surface area contributed by atoms with Crippen LogP contribution in [0, 0.1) is 6.92 Å². The van der Waals surface area contributed by atoms with Crippen LogP contribution in [0.2, 0.25) is 0 Å². The third-order valence-electron chi connectivity index (χ3n) is 5.07. The van der Waals surface area contributed by atoms with Crippen molar-refractivity contribution in [2.45, 2.75) is 6.92 Å². The van der Waals surface area contributed by atoms with Crippen molar-refractivity contribution in [1.82, 2.24) is 4.57 Å². The lowest BCUT2D eigenvalue weighted by atomic mass is 9.99. The number of amides is 1. The molecular formula is C22H21N3O. The molecule has 2 aromatic carbocycles. The topological polar surface area (TPSA) is 37.6 Å². The maximum Gasteiger partial charge on any atom is 0.248 e. The molecule has 0 atom stereocenters. The van der Waals surface area contributed by atoms with Crippen LogP contribution in [-0.2, 0) is 11.8 Å². The van der Waals surface area contributed by atoms with Gasteiger partial charge in [0, 0.05) is 36.5 Å². The maximum atomic E-state index is 12.7. The van der Waals surface area contributed by atoms with Crippen LogP contribution in [0.3, 0.4) is 0 Å². The van der Waals surface area contributed by atoms with Crippen LogP contribution in [0.15, 0.2) is 65.7 Å². The highest BCUT2D eigenvalue weighted by Gasteiger charge is 2.30. The summed E-state index contributed by atoms with van der Waals surface area (Å²) >= 11 is 0. The molecule has 4 heteroatoms. The molecule has 0 aliphatic carbocycles. The monoisotopic (exact) mass is 343 g/mol. The molecule has 4 nitrogen and oxygen atoms in total. The van der Waals surface area contributed by atoms with Crippen LogP contribution < -0.4 is 4.90 Å². The van der Waals surface area contributed by atoms with Crippen LogP contribution in [0.5, 0.6) is 0 Å². The normalized spacial score (nSPS) is 14.0. The minimum Gasteiger partial charge on any atom is -0.346 e. The van der Waals surface area contributed by atoms with Gasteiger partial charge in [-0.3, -0.25) is 9.79 Å². The zero-order chi connectivity index (χ0) is 18.3. The van der Waals surface area contributed by atoms with Crippen molar-refractivity contribution in [3.05, 3.63) is 77.5 Å². The standard InChI is InChI=1S/C22H21N3O/c1-15-19-20(16-10-6-4-7-11-16)23-14-18(26)25(3)22(19)21(24(15)2)17-12-8-5-9-13-17/h4-13H,14H2,1-3H3. The number of nitrogens with zero attached hydrogens (tertiary/aromatic N) is 3. The van der Waals surface area contributed by atoms with Gasteiger partial charge < -0.3 is 9.47 Å². The summed E-state index contributed by atoms with van der Waals surface area (Å²) in [6.07, 6.45) is 0. The Hall–Kier alpha value is -3.14. The van der Waals surface area contributed by atoms with Crippen molar-refractivity contribution < 1.29 is 4.79 Å². The minimum absolute atomic E-state index is 0.0000350. The number of hydrogen-bond acceptors (Lipinski definition) is 2. The van der Waals surface area contributed by atoms with Crippen LogP contribution in [0.4, 0.5) is 5.69 Å². The number of carbonyl (C=O) groups is 1. The van der Waals surface area contributed by atoms with Gasteiger partial charge in [0.15, 0.2) is 0 Å². The number of benzene rings is 2. The Labute approximate surface area is 153 Å². The van der Waals surface area contributed by atoms with E-state index in [0.717, 1.165) is 39.5 Å². The molecule has 2 heterocycles. The van der Waals surface area contributed by atoms with Crippen molar-refractivity contribution in [2.24, 2.45) is 12.0 Å². The third-order valence-corrected chi connectivity index (χ3v) is 5.07.